The van der Waals surface area contributed by atoms with Gasteiger partial charge in [-0.3, -0.25) is 0 Å². The third-order valence-corrected chi connectivity index (χ3v) is 4.14. The van der Waals surface area contributed by atoms with E-state index in [0.29, 0.717) is 6.61 Å². The lowest BCUT2D eigenvalue weighted by Crippen LogP contribution is -2.37. The molecule has 0 aromatic carbocycles. The molecular formula is C13H27NO. The Hall–Kier alpha value is -0.0800. The monoisotopic (exact) mass is 213 g/mol. The molecule has 15 heavy (non-hydrogen) atoms. The standard InChI is InChI=1S/C13H27NO/c1-4-11(2)12-7-5-8-13(12)14(3)9-6-10-15/h11-13,15H,4-10H2,1-3H3. The van der Waals surface area contributed by atoms with Crippen molar-refractivity contribution in [3.63, 3.8) is 0 Å². The van der Waals surface area contributed by atoms with Crippen LogP contribution < -0.4 is 0 Å². The van der Waals surface area contributed by atoms with Gasteiger partial charge in [0.25, 0.3) is 0 Å². The van der Waals surface area contributed by atoms with Crippen LogP contribution in [0.4, 0.5) is 0 Å². The molecule has 0 bridgehead atoms. The molecule has 0 heterocycles. The second kappa shape index (κ2) is 6.49. The average molecular weight is 213 g/mol. The summed E-state index contributed by atoms with van der Waals surface area (Å²) in [6.45, 7) is 6.07. The van der Waals surface area contributed by atoms with Gasteiger partial charge in [0, 0.05) is 19.2 Å². The minimum atomic E-state index is 0.324. The summed E-state index contributed by atoms with van der Waals surface area (Å²) in [7, 11) is 2.22. The van der Waals surface area contributed by atoms with Gasteiger partial charge in [-0.1, -0.05) is 26.7 Å². The summed E-state index contributed by atoms with van der Waals surface area (Å²) in [5.74, 6) is 1.74. The van der Waals surface area contributed by atoms with Gasteiger partial charge >= 0.3 is 0 Å². The van der Waals surface area contributed by atoms with Gasteiger partial charge in [0.05, 0.1) is 0 Å². The predicted molar refractivity (Wildman–Crippen MR) is 64.9 cm³/mol. The molecule has 0 radical (unpaired) electrons. The zero-order valence-electron chi connectivity index (χ0n) is 10.6. The number of nitrogens with zero attached hydrogens (tertiary/aromatic N) is 1. The molecule has 1 rings (SSSR count). The SMILES string of the molecule is CCC(C)C1CCCC1N(C)CCCO. The summed E-state index contributed by atoms with van der Waals surface area (Å²) in [5, 5.41) is 8.85. The number of aliphatic hydroxyl groups excluding tert-OH is 1. The first-order valence-corrected chi connectivity index (χ1v) is 6.51. The lowest BCUT2D eigenvalue weighted by Gasteiger charge is -2.32. The van der Waals surface area contributed by atoms with Crippen LogP contribution >= 0.6 is 0 Å². The maximum atomic E-state index is 8.85. The lowest BCUT2D eigenvalue weighted by molar-refractivity contribution is 0.147. The number of aliphatic hydroxyl groups is 1. The van der Waals surface area contributed by atoms with Crippen LogP contribution in [0.5, 0.6) is 0 Å². The zero-order valence-corrected chi connectivity index (χ0v) is 10.6. The third kappa shape index (κ3) is 3.46. The van der Waals surface area contributed by atoms with Gasteiger partial charge in [-0.05, 0) is 38.1 Å². The fraction of sp³-hybridized carbons (Fsp3) is 1.00. The largest absolute Gasteiger partial charge is 0.396 e. The first-order valence-electron chi connectivity index (χ1n) is 6.51. The highest BCUT2D eigenvalue weighted by molar-refractivity contribution is 4.86. The molecule has 3 unspecified atom stereocenters. The molecule has 0 aliphatic heterocycles. The molecule has 2 heteroatoms. The first kappa shape index (κ1) is 13.0. The molecule has 3 atom stereocenters. The summed E-state index contributed by atoms with van der Waals surface area (Å²) < 4.78 is 0. The molecule has 0 spiro atoms. The molecule has 1 aliphatic carbocycles. The molecule has 1 saturated carbocycles. The van der Waals surface area contributed by atoms with E-state index >= 15 is 0 Å². The fourth-order valence-electron chi connectivity index (χ4n) is 2.97. The Balaban J connectivity index is 2.44. The Morgan fingerprint density at radius 3 is 2.73 bits per heavy atom. The van der Waals surface area contributed by atoms with Crippen LogP contribution in [0.2, 0.25) is 0 Å². The van der Waals surface area contributed by atoms with Gasteiger partial charge in [0.1, 0.15) is 0 Å². The zero-order chi connectivity index (χ0) is 11.3. The topological polar surface area (TPSA) is 23.5 Å². The van der Waals surface area contributed by atoms with E-state index in [9.17, 15) is 0 Å². The van der Waals surface area contributed by atoms with Crippen molar-refractivity contribution in [1.29, 1.82) is 0 Å². The molecule has 90 valence electrons. The molecule has 1 N–H and O–H groups in total. The highest BCUT2D eigenvalue weighted by Gasteiger charge is 2.32. The second-order valence-electron chi connectivity index (χ2n) is 5.11. The van der Waals surface area contributed by atoms with Crippen molar-refractivity contribution in [3.8, 4) is 0 Å². The summed E-state index contributed by atoms with van der Waals surface area (Å²) in [4.78, 5) is 2.47. The Morgan fingerprint density at radius 2 is 2.13 bits per heavy atom. The van der Waals surface area contributed by atoms with E-state index < -0.39 is 0 Å². The molecule has 0 amide bonds. The molecule has 1 aliphatic rings. The van der Waals surface area contributed by atoms with E-state index in [-0.39, 0.29) is 0 Å². The van der Waals surface area contributed by atoms with Crippen molar-refractivity contribution >= 4 is 0 Å². The van der Waals surface area contributed by atoms with Crippen molar-refractivity contribution in [2.24, 2.45) is 11.8 Å². The van der Waals surface area contributed by atoms with E-state index in [0.717, 1.165) is 30.8 Å². The molecule has 0 aromatic rings. The fourth-order valence-corrected chi connectivity index (χ4v) is 2.97. The maximum absolute atomic E-state index is 8.85. The van der Waals surface area contributed by atoms with E-state index in [2.05, 4.69) is 25.8 Å². The van der Waals surface area contributed by atoms with E-state index in [4.69, 9.17) is 5.11 Å². The summed E-state index contributed by atoms with van der Waals surface area (Å²) in [6.07, 6.45) is 6.37. The molecule has 2 nitrogen and oxygen atoms in total. The summed E-state index contributed by atoms with van der Waals surface area (Å²) in [6, 6.07) is 0.770. The van der Waals surface area contributed by atoms with Gasteiger partial charge in [-0.15, -0.1) is 0 Å². The average Bonchev–Trinajstić information content (AvgIpc) is 2.73. The summed E-state index contributed by atoms with van der Waals surface area (Å²) >= 11 is 0. The number of hydrogen-bond acceptors (Lipinski definition) is 2. The van der Waals surface area contributed by atoms with E-state index in [1.54, 1.807) is 0 Å². The van der Waals surface area contributed by atoms with Crippen molar-refractivity contribution in [3.05, 3.63) is 0 Å². The van der Waals surface area contributed by atoms with Gasteiger partial charge in [0.15, 0.2) is 0 Å². The van der Waals surface area contributed by atoms with Gasteiger partial charge < -0.3 is 10.0 Å². The lowest BCUT2D eigenvalue weighted by atomic mass is 9.87. The Morgan fingerprint density at radius 1 is 1.40 bits per heavy atom. The third-order valence-electron chi connectivity index (χ3n) is 4.14. The minimum Gasteiger partial charge on any atom is -0.396 e. The quantitative estimate of drug-likeness (QED) is 0.733. The molecule has 1 fully saturated rings. The van der Waals surface area contributed by atoms with Gasteiger partial charge in [-0.2, -0.15) is 0 Å². The van der Waals surface area contributed by atoms with Crippen LogP contribution in [-0.2, 0) is 0 Å². The van der Waals surface area contributed by atoms with Crippen LogP contribution in [0, 0.1) is 11.8 Å². The van der Waals surface area contributed by atoms with Gasteiger partial charge in [-0.25, -0.2) is 0 Å². The van der Waals surface area contributed by atoms with Gasteiger partial charge in [0.2, 0.25) is 0 Å². The second-order valence-corrected chi connectivity index (χ2v) is 5.11. The number of hydrogen-bond donors (Lipinski definition) is 1. The Labute approximate surface area is 94.7 Å². The van der Waals surface area contributed by atoms with Crippen molar-refractivity contribution in [1.82, 2.24) is 4.90 Å². The van der Waals surface area contributed by atoms with Crippen LogP contribution in [0.3, 0.4) is 0 Å². The van der Waals surface area contributed by atoms with Crippen molar-refractivity contribution in [2.45, 2.75) is 52.0 Å². The highest BCUT2D eigenvalue weighted by Crippen LogP contribution is 2.35. The maximum Gasteiger partial charge on any atom is 0.0443 e. The summed E-state index contributed by atoms with van der Waals surface area (Å²) in [5.41, 5.74) is 0. The number of rotatable bonds is 6. The van der Waals surface area contributed by atoms with Crippen molar-refractivity contribution < 1.29 is 5.11 Å². The molecule has 0 saturated heterocycles. The van der Waals surface area contributed by atoms with E-state index in [1.165, 1.54) is 25.7 Å². The normalized spacial score (nSPS) is 28.6. The van der Waals surface area contributed by atoms with Crippen LogP contribution in [0.25, 0.3) is 0 Å². The van der Waals surface area contributed by atoms with Crippen LogP contribution in [0.15, 0.2) is 0 Å². The predicted octanol–water partition coefficient (Wildman–Crippen LogP) is 2.52. The first-order chi connectivity index (χ1) is 7.20. The van der Waals surface area contributed by atoms with Crippen molar-refractivity contribution in [2.75, 3.05) is 20.2 Å². The highest BCUT2D eigenvalue weighted by atomic mass is 16.3. The smallest absolute Gasteiger partial charge is 0.0443 e. The Bertz CT molecular complexity index is 172. The molecular weight excluding hydrogens is 186 g/mol. The van der Waals surface area contributed by atoms with Crippen LogP contribution in [-0.4, -0.2) is 36.2 Å². The van der Waals surface area contributed by atoms with E-state index in [1.807, 2.05) is 0 Å². The Kier molecular flexibility index (Phi) is 5.62. The minimum absolute atomic E-state index is 0.324. The molecule has 0 aromatic heterocycles. The van der Waals surface area contributed by atoms with Crippen LogP contribution in [0.1, 0.15) is 46.0 Å².